The van der Waals surface area contributed by atoms with Gasteiger partial charge in [0.25, 0.3) is 0 Å². The SMILES string of the molecule is COC(=O)C(C(=O)OC)=C(/C=C(/c1ccccc1)C(C)(C)C)N1CCCC1. The van der Waals surface area contributed by atoms with Gasteiger partial charge in [-0.3, -0.25) is 0 Å². The maximum Gasteiger partial charge on any atom is 0.347 e. The summed E-state index contributed by atoms with van der Waals surface area (Å²) in [6.07, 6.45) is 3.98. The van der Waals surface area contributed by atoms with Crippen LogP contribution in [0.25, 0.3) is 5.57 Å². The Bertz CT molecular complexity index is 717. The standard InChI is InChI=1S/C22H29NO4/c1-22(2,3)17(16-11-7-6-8-12-16)15-18(23-13-9-10-14-23)19(20(24)26-4)21(25)27-5/h6-8,11-12,15H,9-10,13-14H2,1-5H3/b17-15-. The molecule has 0 aromatic heterocycles. The van der Waals surface area contributed by atoms with E-state index in [0.29, 0.717) is 5.70 Å². The van der Waals surface area contributed by atoms with E-state index < -0.39 is 11.9 Å². The Morgan fingerprint density at radius 2 is 1.48 bits per heavy atom. The molecule has 0 unspecified atom stereocenters. The van der Waals surface area contributed by atoms with E-state index in [9.17, 15) is 9.59 Å². The molecule has 0 bridgehead atoms. The summed E-state index contributed by atoms with van der Waals surface area (Å²) in [5.74, 6) is -1.36. The summed E-state index contributed by atoms with van der Waals surface area (Å²) in [6.45, 7) is 7.92. The summed E-state index contributed by atoms with van der Waals surface area (Å²) in [7, 11) is 2.55. The molecule has 0 N–H and O–H groups in total. The maximum absolute atomic E-state index is 12.4. The molecule has 0 aliphatic carbocycles. The summed E-state index contributed by atoms with van der Waals surface area (Å²) in [4.78, 5) is 26.9. The number of carbonyl (C=O) groups excluding carboxylic acids is 2. The topological polar surface area (TPSA) is 55.8 Å². The number of benzene rings is 1. The van der Waals surface area contributed by atoms with E-state index in [1.165, 1.54) is 14.2 Å². The van der Waals surface area contributed by atoms with Crippen molar-refractivity contribution in [3.8, 4) is 0 Å². The van der Waals surface area contributed by atoms with Crippen molar-refractivity contribution in [2.24, 2.45) is 5.41 Å². The first-order chi connectivity index (χ1) is 12.8. The third-order valence-electron chi connectivity index (χ3n) is 4.66. The normalized spacial score (nSPS) is 14.7. The number of hydrogen-bond donors (Lipinski definition) is 0. The predicted molar refractivity (Wildman–Crippen MR) is 106 cm³/mol. The number of hydrogen-bond acceptors (Lipinski definition) is 5. The number of carbonyl (C=O) groups is 2. The van der Waals surface area contributed by atoms with Crippen LogP contribution < -0.4 is 0 Å². The largest absolute Gasteiger partial charge is 0.465 e. The highest BCUT2D eigenvalue weighted by atomic mass is 16.5. The van der Waals surface area contributed by atoms with E-state index in [1.807, 2.05) is 36.4 Å². The van der Waals surface area contributed by atoms with Crippen molar-refractivity contribution in [3.05, 3.63) is 53.2 Å². The van der Waals surface area contributed by atoms with Gasteiger partial charge in [-0.05, 0) is 35.5 Å². The van der Waals surface area contributed by atoms with Gasteiger partial charge >= 0.3 is 11.9 Å². The summed E-state index contributed by atoms with van der Waals surface area (Å²) >= 11 is 0. The minimum Gasteiger partial charge on any atom is -0.465 e. The van der Waals surface area contributed by atoms with Crippen LogP contribution in [0.3, 0.4) is 0 Å². The first-order valence-corrected chi connectivity index (χ1v) is 9.23. The van der Waals surface area contributed by atoms with E-state index in [2.05, 4.69) is 25.7 Å². The lowest BCUT2D eigenvalue weighted by Gasteiger charge is -2.28. The number of allylic oxidation sites excluding steroid dienone is 2. The maximum atomic E-state index is 12.4. The first kappa shape index (κ1) is 20.7. The van der Waals surface area contributed by atoms with E-state index in [1.54, 1.807) is 0 Å². The van der Waals surface area contributed by atoms with Gasteiger partial charge in [0.05, 0.1) is 19.9 Å². The molecule has 1 aromatic carbocycles. The lowest BCUT2D eigenvalue weighted by Crippen LogP contribution is -2.27. The van der Waals surface area contributed by atoms with Crippen LogP contribution in [0, 0.1) is 5.41 Å². The van der Waals surface area contributed by atoms with E-state index in [0.717, 1.165) is 37.1 Å². The lowest BCUT2D eigenvalue weighted by atomic mass is 9.81. The first-order valence-electron chi connectivity index (χ1n) is 9.23. The van der Waals surface area contributed by atoms with Crippen LogP contribution in [-0.4, -0.2) is 44.1 Å². The molecular weight excluding hydrogens is 342 g/mol. The van der Waals surface area contributed by atoms with Crippen molar-refractivity contribution in [3.63, 3.8) is 0 Å². The number of likely N-dealkylation sites (tertiary alicyclic amines) is 1. The average Bonchev–Trinajstić information content (AvgIpc) is 3.18. The molecular formula is C22H29NO4. The molecule has 1 aliphatic rings. The molecule has 1 saturated heterocycles. The third-order valence-corrected chi connectivity index (χ3v) is 4.66. The van der Waals surface area contributed by atoms with Gasteiger partial charge in [-0.15, -0.1) is 0 Å². The Kier molecular flexibility index (Phi) is 6.83. The van der Waals surface area contributed by atoms with Crippen LogP contribution in [0.5, 0.6) is 0 Å². The molecule has 1 fully saturated rings. The van der Waals surface area contributed by atoms with E-state index in [4.69, 9.17) is 9.47 Å². The molecule has 1 heterocycles. The second kappa shape index (κ2) is 8.89. The summed E-state index contributed by atoms with van der Waals surface area (Å²) in [5, 5.41) is 0. The molecule has 5 nitrogen and oxygen atoms in total. The lowest BCUT2D eigenvalue weighted by molar-refractivity contribution is -0.144. The van der Waals surface area contributed by atoms with Gasteiger partial charge in [-0.2, -0.15) is 0 Å². The highest BCUT2D eigenvalue weighted by molar-refractivity contribution is 6.15. The zero-order valence-corrected chi connectivity index (χ0v) is 16.9. The molecule has 0 spiro atoms. The van der Waals surface area contributed by atoms with Gasteiger partial charge in [0, 0.05) is 13.1 Å². The second-order valence-corrected chi connectivity index (χ2v) is 7.61. The Labute approximate surface area is 161 Å². The smallest absolute Gasteiger partial charge is 0.347 e. The van der Waals surface area contributed by atoms with Crippen molar-refractivity contribution in [1.29, 1.82) is 0 Å². The summed E-state index contributed by atoms with van der Waals surface area (Å²) in [6, 6.07) is 10.0. The van der Waals surface area contributed by atoms with Gasteiger partial charge < -0.3 is 14.4 Å². The van der Waals surface area contributed by atoms with Crippen LogP contribution in [0.4, 0.5) is 0 Å². The molecule has 0 amide bonds. The molecule has 0 atom stereocenters. The monoisotopic (exact) mass is 371 g/mol. The van der Waals surface area contributed by atoms with Crippen LogP contribution in [-0.2, 0) is 19.1 Å². The number of nitrogens with zero attached hydrogens (tertiary/aromatic N) is 1. The fourth-order valence-corrected chi connectivity index (χ4v) is 3.26. The summed E-state index contributed by atoms with van der Waals surface area (Å²) in [5.41, 5.74) is 2.41. The molecule has 2 rings (SSSR count). The number of esters is 2. The highest BCUT2D eigenvalue weighted by Gasteiger charge is 2.30. The van der Waals surface area contributed by atoms with Crippen molar-refractivity contribution in [2.75, 3.05) is 27.3 Å². The fourth-order valence-electron chi connectivity index (χ4n) is 3.26. The van der Waals surface area contributed by atoms with Crippen LogP contribution in [0.1, 0.15) is 39.2 Å². The molecule has 1 aliphatic heterocycles. The molecule has 5 heteroatoms. The van der Waals surface area contributed by atoms with Crippen molar-refractivity contribution in [1.82, 2.24) is 4.90 Å². The van der Waals surface area contributed by atoms with Gasteiger partial charge in [-0.1, -0.05) is 51.1 Å². The quantitative estimate of drug-likeness (QED) is 0.259. The average molecular weight is 371 g/mol. The van der Waals surface area contributed by atoms with Gasteiger partial charge in [0.2, 0.25) is 0 Å². The number of methoxy groups -OCH3 is 2. The van der Waals surface area contributed by atoms with Gasteiger partial charge in [0.15, 0.2) is 5.57 Å². The number of rotatable bonds is 5. The zero-order valence-electron chi connectivity index (χ0n) is 16.9. The molecule has 0 saturated carbocycles. The molecule has 146 valence electrons. The van der Waals surface area contributed by atoms with E-state index in [-0.39, 0.29) is 11.0 Å². The molecule has 27 heavy (non-hydrogen) atoms. The second-order valence-electron chi connectivity index (χ2n) is 7.61. The van der Waals surface area contributed by atoms with Crippen LogP contribution in [0.2, 0.25) is 0 Å². The summed E-state index contributed by atoms with van der Waals surface area (Å²) < 4.78 is 9.79. The Balaban J connectivity index is 2.74. The minimum atomic E-state index is -0.679. The van der Waals surface area contributed by atoms with Crippen molar-refractivity contribution in [2.45, 2.75) is 33.6 Å². The molecule has 1 aromatic rings. The Morgan fingerprint density at radius 3 is 1.93 bits per heavy atom. The van der Waals surface area contributed by atoms with Crippen molar-refractivity contribution >= 4 is 17.5 Å². The predicted octanol–water partition coefficient (Wildman–Crippen LogP) is 3.81. The third kappa shape index (κ3) is 5.00. The molecule has 0 radical (unpaired) electrons. The Morgan fingerprint density at radius 1 is 0.963 bits per heavy atom. The Hall–Kier alpha value is -2.56. The van der Waals surface area contributed by atoms with Gasteiger partial charge in [-0.25, -0.2) is 9.59 Å². The van der Waals surface area contributed by atoms with E-state index >= 15 is 0 Å². The highest BCUT2D eigenvalue weighted by Crippen LogP contribution is 2.36. The zero-order chi connectivity index (χ0) is 20.0. The number of ether oxygens (including phenoxy) is 2. The van der Waals surface area contributed by atoms with Gasteiger partial charge in [0.1, 0.15) is 0 Å². The fraction of sp³-hybridized carbons (Fsp3) is 0.455. The van der Waals surface area contributed by atoms with Crippen LogP contribution >= 0.6 is 0 Å². The minimum absolute atomic E-state index is 0.0559. The van der Waals surface area contributed by atoms with Crippen molar-refractivity contribution < 1.29 is 19.1 Å². The van der Waals surface area contributed by atoms with Crippen LogP contribution in [0.15, 0.2) is 47.7 Å².